The molecule has 0 saturated carbocycles. The van der Waals surface area contributed by atoms with Gasteiger partial charge >= 0.3 is 0 Å². The maximum absolute atomic E-state index is 6.22. The van der Waals surface area contributed by atoms with E-state index in [4.69, 9.17) is 40.0 Å². The van der Waals surface area contributed by atoms with Crippen molar-refractivity contribution in [1.82, 2.24) is 15.2 Å². The highest BCUT2D eigenvalue weighted by atomic mass is 35.5. The van der Waals surface area contributed by atoms with E-state index in [1.54, 1.807) is 24.3 Å². The molecule has 0 spiro atoms. The molecule has 2 aromatic carbocycles. The average molecular weight is 478 g/mol. The molecule has 11 nitrogen and oxygen atoms in total. The Morgan fingerprint density at radius 2 is 1.03 bits per heavy atom. The minimum Gasteiger partial charge on any atom is -0.493 e. The molecule has 0 saturated heterocycles. The summed E-state index contributed by atoms with van der Waals surface area (Å²) < 4.78 is 32.2. The average Bonchev–Trinajstić information content (AvgIpc) is 2.84. The predicted molar refractivity (Wildman–Crippen MR) is 124 cm³/mol. The first kappa shape index (κ1) is 23.8. The maximum Gasteiger partial charge on any atom is 0.249 e. The largest absolute Gasteiger partial charge is 0.493 e. The minimum atomic E-state index is 0.0687. The number of aromatic nitrogens is 3. The van der Waals surface area contributed by atoms with E-state index in [-0.39, 0.29) is 16.9 Å². The van der Waals surface area contributed by atoms with Crippen LogP contribution >= 0.6 is 11.6 Å². The van der Waals surface area contributed by atoms with Crippen LogP contribution in [-0.2, 0) is 0 Å². The van der Waals surface area contributed by atoms with Gasteiger partial charge in [-0.15, -0.1) is 10.2 Å². The number of hydrogen-bond acceptors (Lipinski definition) is 11. The summed E-state index contributed by atoms with van der Waals surface area (Å²) in [4.78, 5) is 4.42. The molecule has 0 bridgehead atoms. The zero-order valence-corrected chi connectivity index (χ0v) is 19.7. The van der Waals surface area contributed by atoms with Crippen molar-refractivity contribution in [1.29, 1.82) is 0 Å². The van der Waals surface area contributed by atoms with Gasteiger partial charge in [0.15, 0.2) is 34.0 Å². The van der Waals surface area contributed by atoms with Crippen LogP contribution in [0.15, 0.2) is 24.3 Å². The van der Waals surface area contributed by atoms with Crippen molar-refractivity contribution >= 4 is 34.7 Å². The van der Waals surface area contributed by atoms with Crippen molar-refractivity contribution < 1.29 is 28.4 Å². The number of nitrogens with one attached hydrogen (secondary N) is 2. The lowest BCUT2D eigenvalue weighted by Gasteiger charge is -2.16. The Morgan fingerprint density at radius 3 is 1.42 bits per heavy atom. The third-order valence-corrected chi connectivity index (χ3v) is 4.75. The van der Waals surface area contributed by atoms with Gasteiger partial charge in [-0.2, -0.15) is 4.98 Å². The van der Waals surface area contributed by atoms with Gasteiger partial charge in [-0.25, -0.2) is 0 Å². The Balaban J connectivity index is 1.93. The smallest absolute Gasteiger partial charge is 0.249 e. The number of methoxy groups -OCH3 is 6. The molecule has 3 rings (SSSR count). The molecule has 3 aromatic rings. The van der Waals surface area contributed by atoms with Crippen molar-refractivity contribution in [2.45, 2.75) is 0 Å². The molecular formula is C21H24ClN5O6. The van der Waals surface area contributed by atoms with Crippen molar-refractivity contribution in [3.05, 3.63) is 29.4 Å². The van der Waals surface area contributed by atoms with Crippen LogP contribution in [0.25, 0.3) is 0 Å². The fourth-order valence-corrected chi connectivity index (χ4v) is 3.15. The molecule has 12 heteroatoms. The highest BCUT2D eigenvalue weighted by Gasteiger charge is 2.17. The summed E-state index contributed by atoms with van der Waals surface area (Å²) in [6.45, 7) is 0. The number of hydrogen-bond donors (Lipinski definition) is 2. The Morgan fingerprint density at radius 1 is 0.606 bits per heavy atom. The standard InChI is InChI=1S/C21H24ClN5O6/c1-28-13-7-11(8-14(29-2)17(13)32-5)23-20-19(22)26-27-21(25-20)24-12-9-15(30-3)18(33-6)16(10-12)31-4/h7-10H,1-6H3,(H2,23,24,25,27). The molecule has 0 amide bonds. The summed E-state index contributed by atoms with van der Waals surface area (Å²) in [7, 11) is 9.17. The molecule has 0 fully saturated rings. The van der Waals surface area contributed by atoms with Gasteiger partial charge in [0.05, 0.1) is 42.7 Å². The van der Waals surface area contributed by atoms with E-state index in [1.165, 1.54) is 42.7 Å². The molecule has 0 aliphatic carbocycles. The van der Waals surface area contributed by atoms with Gasteiger partial charge in [-0.1, -0.05) is 11.6 Å². The van der Waals surface area contributed by atoms with Crippen LogP contribution < -0.4 is 39.1 Å². The molecule has 0 atom stereocenters. The first-order valence-electron chi connectivity index (χ1n) is 9.52. The van der Waals surface area contributed by atoms with E-state index >= 15 is 0 Å². The van der Waals surface area contributed by atoms with Crippen molar-refractivity contribution in [3.63, 3.8) is 0 Å². The van der Waals surface area contributed by atoms with Crippen LogP contribution in [0, 0.1) is 0 Å². The first-order chi connectivity index (χ1) is 16.0. The zero-order valence-electron chi connectivity index (χ0n) is 19.0. The van der Waals surface area contributed by atoms with Crippen molar-refractivity contribution in [3.8, 4) is 34.5 Å². The van der Waals surface area contributed by atoms with Gasteiger partial charge in [0.25, 0.3) is 0 Å². The summed E-state index contributed by atoms with van der Waals surface area (Å²) in [5.74, 6) is 3.24. The SMILES string of the molecule is COc1cc(Nc2nnc(Cl)c(Nc3cc(OC)c(OC)c(OC)c3)n2)cc(OC)c1OC. The van der Waals surface area contributed by atoms with Gasteiger partial charge in [-0.3, -0.25) is 0 Å². The lowest BCUT2D eigenvalue weighted by atomic mass is 10.2. The van der Waals surface area contributed by atoms with Gasteiger partial charge in [0, 0.05) is 35.6 Å². The summed E-state index contributed by atoms with van der Waals surface area (Å²) in [5, 5.41) is 14.2. The summed E-state index contributed by atoms with van der Waals surface area (Å²) in [5.41, 5.74) is 1.18. The van der Waals surface area contributed by atoms with Crippen LogP contribution in [0.3, 0.4) is 0 Å². The molecule has 1 aromatic heterocycles. The second-order valence-electron chi connectivity index (χ2n) is 6.35. The second kappa shape index (κ2) is 10.6. The number of nitrogens with zero attached hydrogens (tertiary/aromatic N) is 3. The molecular weight excluding hydrogens is 454 g/mol. The lowest BCUT2D eigenvalue weighted by Crippen LogP contribution is -2.05. The number of ether oxygens (including phenoxy) is 6. The van der Waals surface area contributed by atoms with Crippen LogP contribution in [-0.4, -0.2) is 57.8 Å². The highest BCUT2D eigenvalue weighted by molar-refractivity contribution is 6.31. The van der Waals surface area contributed by atoms with Crippen LogP contribution in [0.1, 0.15) is 0 Å². The molecule has 0 aliphatic heterocycles. The van der Waals surface area contributed by atoms with E-state index in [9.17, 15) is 0 Å². The van der Waals surface area contributed by atoms with Crippen LogP contribution in [0.4, 0.5) is 23.1 Å². The van der Waals surface area contributed by atoms with Crippen LogP contribution in [0.5, 0.6) is 34.5 Å². The lowest BCUT2D eigenvalue weighted by molar-refractivity contribution is 0.324. The van der Waals surface area contributed by atoms with Gasteiger partial charge < -0.3 is 39.1 Å². The normalized spacial score (nSPS) is 10.3. The molecule has 2 N–H and O–H groups in total. The molecule has 1 heterocycles. The van der Waals surface area contributed by atoms with Crippen molar-refractivity contribution in [2.75, 3.05) is 53.3 Å². The first-order valence-corrected chi connectivity index (χ1v) is 9.90. The fraction of sp³-hybridized carbons (Fsp3) is 0.286. The summed E-state index contributed by atoms with van der Waals surface area (Å²) in [6.07, 6.45) is 0. The zero-order chi connectivity index (χ0) is 24.0. The van der Waals surface area contributed by atoms with Gasteiger partial charge in [-0.05, 0) is 0 Å². The van der Waals surface area contributed by atoms with Crippen molar-refractivity contribution in [2.24, 2.45) is 0 Å². The highest BCUT2D eigenvalue weighted by Crippen LogP contribution is 2.42. The molecule has 33 heavy (non-hydrogen) atoms. The third-order valence-electron chi connectivity index (χ3n) is 4.49. The predicted octanol–water partition coefficient (Wildman–Crippen LogP) is 4.06. The fourth-order valence-electron chi connectivity index (χ4n) is 3.02. The maximum atomic E-state index is 6.22. The van der Waals surface area contributed by atoms with Gasteiger partial charge in [0.2, 0.25) is 17.4 Å². The Kier molecular flexibility index (Phi) is 7.67. The van der Waals surface area contributed by atoms with E-state index in [0.717, 1.165) is 0 Å². The Hall–Kier alpha value is -3.86. The van der Waals surface area contributed by atoms with E-state index in [2.05, 4.69) is 25.8 Å². The molecule has 0 aliphatic rings. The topological polar surface area (TPSA) is 118 Å². The number of halogens is 1. The number of anilines is 4. The second-order valence-corrected chi connectivity index (χ2v) is 6.71. The summed E-state index contributed by atoms with van der Waals surface area (Å²) in [6, 6.07) is 6.86. The number of rotatable bonds is 10. The molecule has 0 unspecified atom stereocenters. The molecule has 0 radical (unpaired) electrons. The Bertz CT molecular complexity index is 1080. The number of benzene rings is 2. The van der Waals surface area contributed by atoms with Crippen LogP contribution in [0.2, 0.25) is 5.15 Å². The Labute approximate surface area is 195 Å². The van der Waals surface area contributed by atoms with E-state index in [0.29, 0.717) is 45.9 Å². The molecule has 176 valence electrons. The van der Waals surface area contributed by atoms with E-state index < -0.39 is 0 Å². The van der Waals surface area contributed by atoms with E-state index in [1.807, 2.05) is 0 Å². The third kappa shape index (κ3) is 5.14. The summed E-state index contributed by atoms with van der Waals surface area (Å²) >= 11 is 6.22. The quantitative estimate of drug-likeness (QED) is 0.440. The van der Waals surface area contributed by atoms with Gasteiger partial charge in [0.1, 0.15) is 0 Å². The minimum absolute atomic E-state index is 0.0687. The monoisotopic (exact) mass is 477 g/mol.